The molecule has 0 saturated carbocycles. The molecule has 0 bridgehead atoms. The highest BCUT2D eigenvalue weighted by Crippen LogP contribution is 2.39. The van der Waals surface area contributed by atoms with Gasteiger partial charge in [-0.25, -0.2) is 8.78 Å². The number of hydrogen-bond donors (Lipinski definition) is 0. The van der Waals surface area contributed by atoms with Crippen LogP contribution in [0.5, 0.6) is 5.75 Å². The van der Waals surface area contributed by atoms with Gasteiger partial charge in [0.15, 0.2) is 17.4 Å². The molecule has 1 aromatic carbocycles. The number of rotatable bonds is 15. The molecule has 1 unspecified atom stereocenters. The molecule has 0 N–H and O–H groups in total. The van der Waals surface area contributed by atoms with Crippen LogP contribution in [0.4, 0.5) is 17.6 Å². The highest BCUT2D eigenvalue weighted by atomic mass is 28.4. The average Bonchev–Trinajstić information content (AvgIpc) is 2.75. The van der Waals surface area contributed by atoms with E-state index in [2.05, 4.69) is 27.7 Å². The summed E-state index contributed by atoms with van der Waals surface area (Å²) in [5.74, 6) is -6.87. The SMILES string of the molecule is CCCCCC[Si](CCC[Si](CC)(CC)CC)(Oc1c(F)c(F)[c]c(F)c1F)C(C)C. The summed E-state index contributed by atoms with van der Waals surface area (Å²) in [4.78, 5) is 0. The van der Waals surface area contributed by atoms with E-state index in [0.717, 1.165) is 50.2 Å². The maximum Gasteiger partial charge on any atom is 0.254 e. The molecule has 1 aromatic rings. The summed E-state index contributed by atoms with van der Waals surface area (Å²) >= 11 is 0. The van der Waals surface area contributed by atoms with E-state index in [-0.39, 0.29) is 5.54 Å². The Morgan fingerprint density at radius 3 is 1.71 bits per heavy atom. The normalized spacial score (nSPS) is 14.2. The van der Waals surface area contributed by atoms with Crippen molar-refractivity contribution in [3.05, 3.63) is 29.3 Å². The molecule has 0 aromatic heterocycles. The number of benzene rings is 1. The molecule has 7 heteroatoms. The van der Waals surface area contributed by atoms with Gasteiger partial charge in [-0.3, -0.25) is 0 Å². The van der Waals surface area contributed by atoms with Gasteiger partial charge in [0, 0.05) is 0 Å². The van der Waals surface area contributed by atoms with E-state index in [1.165, 1.54) is 24.2 Å². The molecule has 179 valence electrons. The summed E-state index contributed by atoms with van der Waals surface area (Å²) in [5, 5.41) is 0. The minimum atomic E-state index is -2.72. The Kier molecular flexibility index (Phi) is 11.8. The van der Waals surface area contributed by atoms with Crippen LogP contribution in [0, 0.1) is 29.3 Å². The van der Waals surface area contributed by atoms with Gasteiger partial charge in [0.1, 0.15) is 0 Å². The second-order valence-electron chi connectivity index (χ2n) is 9.26. The van der Waals surface area contributed by atoms with Gasteiger partial charge in [-0.1, -0.05) is 97.8 Å². The smallest absolute Gasteiger partial charge is 0.254 e. The molecule has 0 heterocycles. The zero-order chi connectivity index (χ0) is 23.7. The predicted molar refractivity (Wildman–Crippen MR) is 127 cm³/mol. The third kappa shape index (κ3) is 7.34. The van der Waals surface area contributed by atoms with Crippen molar-refractivity contribution in [3.63, 3.8) is 0 Å². The molecule has 1 nitrogen and oxygen atoms in total. The number of hydrogen-bond acceptors (Lipinski definition) is 1. The highest BCUT2D eigenvalue weighted by molar-refractivity contribution is 6.80. The molecule has 1 rings (SSSR count). The summed E-state index contributed by atoms with van der Waals surface area (Å²) in [5.41, 5.74) is 0.0733. The van der Waals surface area contributed by atoms with Gasteiger partial charge in [-0.2, -0.15) is 8.78 Å². The van der Waals surface area contributed by atoms with Crippen LogP contribution < -0.4 is 4.43 Å². The Balaban J connectivity index is 3.23. The molecule has 1 radical (unpaired) electrons. The summed E-state index contributed by atoms with van der Waals surface area (Å²) in [7, 11) is -4.05. The summed E-state index contributed by atoms with van der Waals surface area (Å²) in [6, 6.07) is 7.79. The van der Waals surface area contributed by atoms with E-state index >= 15 is 0 Å². The third-order valence-corrected chi connectivity index (χ3v) is 18.4. The lowest BCUT2D eigenvalue weighted by molar-refractivity contribution is 0.379. The van der Waals surface area contributed by atoms with Gasteiger partial charge in [-0.15, -0.1) is 0 Å². The summed E-state index contributed by atoms with van der Waals surface area (Å²) < 4.78 is 62.6. The number of halogens is 4. The number of unbranched alkanes of at least 4 members (excludes halogenated alkanes) is 3. The molecule has 31 heavy (non-hydrogen) atoms. The van der Waals surface area contributed by atoms with Crippen molar-refractivity contribution in [2.45, 2.75) is 115 Å². The van der Waals surface area contributed by atoms with Gasteiger partial charge in [-0.05, 0) is 17.6 Å². The van der Waals surface area contributed by atoms with E-state index in [9.17, 15) is 17.6 Å². The quantitative estimate of drug-likeness (QED) is 0.106. The zero-order valence-corrected chi connectivity index (χ0v) is 22.3. The van der Waals surface area contributed by atoms with Crippen LogP contribution in [0.1, 0.15) is 73.6 Å². The molecule has 0 aliphatic heterocycles. The summed E-state index contributed by atoms with van der Waals surface area (Å²) in [6.45, 7) is 13.0. The lowest BCUT2D eigenvalue weighted by Gasteiger charge is -2.37. The molecule has 0 saturated heterocycles. The Morgan fingerprint density at radius 1 is 0.742 bits per heavy atom. The maximum atomic E-state index is 14.4. The minimum absolute atomic E-state index is 0.0733. The lowest BCUT2D eigenvalue weighted by atomic mass is 10.2. The van der Waals surface area contributed by atoms with Crippen LogP contribution in [-0.4, -0.2) is 16.4 Å². The Morgan fingerprint density at radius 2 is 1.26 bits per heavy atom. The lowest BCUT2D eigenvalue weighted by Crippen LogP contribution is -2.46. The fraction of sp³-hybridized carbons (Fsp3) is 0.750. The average molecular weight is 478 g/mol. The van der Waals surface area contributed by atoms with Crippen LogP contribution in [0.25, 0.3) is 0 Å². The fourth-order valence-electron chi connectivity index (χ4n) is 4.61. The summed E-state index contributed by atoms with van der Waals surface area (Å²) in [6.07, 6.45) is 5.06. The van der Waals surface area contributed by atoms with Gasteiger partial charge >= 0.3 is 0 Å². The van der Waals surface area contributed by atoms with E-state index in [4.69, 9.17) is 4.43 Å². The van der Waals surface area contributed by atoms with Gasteiger partial charge in [0.25, 0.3) is 8.32 Å². The van der Waals surface area contributed by atoms with Crippen molar-refractivity contribution in [3.8, 4) is 5.75 Å². The Hall–Kier alpha value is -0.826. The molecule has 0 spiro atoms. The van der Waals surface area contributed by atoms with Crippen LogP contribution in [0.3, 0.4) is 0 Å². The second-order valence-corrected chi connectivity index (χ2v) is 19.4. The van der Waals surface area contributed by atoms with Crippen molar-refractivity contribution in [2.75, 3.05) is 0 Å². The maximum absolute atomic E-state index is 14.4. The molecular weight excluding hydrogens is 436 g/mol. The van der Waals surface area contributed by atoms with E-state index in [1.807, 2.05) is 13.8 Å². The molecule has 1 atom stereocenters. The van der Waals surface area contributed by atoms with E-state index < -0.39 is 45.4 Å². The molecule has 0 aliphatic carbocycles. The van der Waals surface area contributed by atoms with Crippen molar-refractivity contribution in [1.82, 2.24) is 0 Å². The van der Waals surface area contributed by atoms with Crippen LogP contribution in [0.15, 0.2) is 0 Å². The third-order valence-electron chi connectivity index (χ3n) is 7.37. The fourth-order valence-corrected chi connectivity index (χ4v) is 12.5. The monoisotopic (exact) mass is 477 g/mol. The van der Waals surface area contributed by atoms with Crippen LogP contribution >= 0.6 is 0 Å². The minimum Gasteiger partial charge on any atom is -0.539 e. The second kappa shape index (κ2) is 13.0. The standard InChI is InChI=1S/C24H41F4OSi2/c1-7-11-12-13-16-31(19(5)6,17-14-15-30(8-2,9-3)10-4)29-24-22(27)20(25)18-21(26)23(24)28/h19H,7-17H2,1-6H3. The predicted octanol–water partition coefficient (Wildman–Crippen LogP) is 9.26. The topological polar surface area (TPSA) is 9.23 Å². The van der Waals surface area contributed by atoms with Crippen LogP contribution in [-0.2, 0) is 0 Å². The first-order valence-electron chi connectivity index (χ1n) is 12.1. The van der Waals surface area contributed by atoms with Crippen molar-refractivity contribution in [2.24, 2.45) is 0 Å². The first-order chi connectivity index (χ1) is 14.6. The molecule has 0 aliphatic rings. The Labute approximate surface area is 189 Å². The molecule has 0 amide bonds. The first-order valence-corrected chi connectivity index (χ1v) is 17.3. The van der Waals surface area contributed by atoms with Crippen LogP contribution in [0.2, 0.25) is 41.8 Å². The van der Waals surface area contributed by atoms with Crippen molar-refractivity contribution in [1.29, 1.82) is 0 Å². The first kappa shape index (κ1) is 28.2. The zero-order valence-electron chi connectivity index (χ0n) is 20.3. The van der Waals surface area contributed by atoms with E-state index in [0.29, 0.717) is 0 Å². The van der Waals surface area contributed by atoms with Crippen molar-refractivity contribution >= 4 is 16.4 Å². The highest BCUT2D eigenvalue weighted by Gasteiger charge is 2.42. The Bertz CT molecular complexity index is 646. The van der Waals surface area contributed by atoms with Gasteiger partial charge in [0.2, 0.25) is 11.6 Å². The van der Waals surface area contributed by atoms with E-state index in [1.54, 1.807) is 0 Å². The van der Waals surface area contributed by atoms with Gasteiger partial charge < -0.3 is 4.43 Å². The molecular formula is C24H41F4OSi2. The van der Waals surface area contributed by atoms with Gasteiger partial charge in [0.05, 0.1) is 14.1 Å². The van der Waals surface area contributed by atoms with Crippen molar-refractivity contribution < 1.29 is 22.0 Å². The molecule has 0 fully saturated rings. The largest absolute Gasteiger partial charge is 0.539 e.